The van der Waals surface area contributed by atoms with Crippen LogP contribution in [-0.4, -0.2) is 19.8 Å². The third-order valence-electron chi connectivity index (χ3n) is 1.35. The van der Waals surface area contributed by atoms with E-state index in [0.29, 0.717) is 0 Å². The van der Waals surface area contributed by atoms with Gasteiger partial charge in [0.25, 0.3) is 9.05 Å². The first kappa shape index (κ1) is 15.2. The normalized spacial score (nSPS) is 12.6. The van der Waals surface area contributed by atoms with Crippen LogP contribution in [0.5, 0.6) is 5.75 Å². The molecule has 1 rings (SSSR count). The van der Waals surface area contributed by atoms with Gasteiger partial charge in [0, 0.05) is 20.4 Å². The van der Waals surface area contributed by atoms with Crippen LogP contribution in [0, 0.1) is 3.57 Å². The van der Waals surface area contributed by atoms with Crippen LogP contribution in [0.4, 0.5) is 13.2 Å². The van der Waals surface area contributed by atoms with E-state index in [1.54, 1.807) is 22.6 Å². The summed E-state index contributed by atoms with van der Waals surface area (Å²) >= 11 is 4.43. The lowest BCUT2D eigenvalue weighted by molar-refractivity contribution is -0.276. The van der Waals surface area contributed by atoms with E-state index in [1.165, 1.54) is 0 Å². The summed E-state index contributed by atoms with van der Waals surface area (Å²) in [7, 11) is 0.514. The Bertz CT molecular complexity index is 550. The van der Waals surface area contributed by atoms with Crippen molar-refractivity contribution < 1.29 is 26.3 Å². The van der Waals surface area contributed by atoms with E-state index in [-0.39, 0.29) is 8.04 Å². The fourth-order valence-corrected chi connectivity index (χ4v) is 2.57. The van der Waals surface area contributed by atoms with Crippen LogP contribution in [0.25, 0.3) is 0 Å². The highest BCUT2D eigenvalue weighted by atomic mass is 127. The molecule has 1 heterocycles. The molecule has 0 fully saturated rings. The van der Waals surface area contributed by atoms with E-state index >= 15 is 0 Å². The summed E-state index contributed by atoms with van der Waals surface area (Å²) < 4.78 is 62.0. The molecule has 0 unspecified atom stereocenters. The lowest BCUT2D eigenvalue weighted by Gasteiger charge is -2.13. The number of halogens is 6. The van der Waals surface area contributed by atoms with Crippen molar-refractivity contribution in [3.8, 4) is 5.75 Å². The molecule has 0 amide bonds. The molecule has 0 saturated heterocycles. The molecule has 0 aliphatic heterocycles. The summed E-state index contributed by atoms with van der Waals surface area (Å²) in [5.74, 6) is -0.987. The van der Waals surface area contributed by atoms with Crippen LogP contribution < -0.4 is 4.74 Å². The minimum atomic E-state index is -5.05. The van der Waals surface area contributed by atoms with Gasteiger partial charge in [-0.3, -0.25) is 0 Å². The third kappa shape index (κ3) is 4.10. The SMILES string of the molecule is O=S(=O)(Cl)c1ncc(I)c(Br)c1OC(F)(F)F. The maximum atomic E-state index is 12.1. The molecule has 1 aromatic heterocycles. The van der Waals surface area contributed by atoms with E-state index in [1.807, 2.05) is 0 Å². The first-order valence-electron chi connectivity index (χ1n) is 3.57. The standard InChI is InChI=1S/C6HBrClF3INO3S/c7-3-2(12)1-13-5(17(8,14)15)4(3)16-6(9,10)11/h1H. The first-order chi connectivity index (χ1) is 7.52. The fraction of sp³-hybridized carbons (Fsp3) is 0.167. The van der Waals surface area contributed by atoms with E-state index in [9.17, 15) is 21.6 Å². The Balaban J connectivity index is 3.48. The second-order valence-corrected chi connectivity index (χ2v) is 6.98. The Hall–Kier alpha value is 0.190. The molecule has 0 atom stereocenters. The molecule has 0 aliphatic rings. The highest BCUT2D eigenvalue weighted by Gasteiger charge is 2.36. The van der Waals surface area contributed by atoms with Crippen molar-refractivity contribution in [3.05, 3.63) is 14.2 Å². The van der Waals surface area contributed by atoms with Crippen molar-refractivity contribution >= 4 is 58.3 Å². The van der Waals surface area contributed by atoms with Crippen molar-refractivity contribution in [2.75, 3.05) is 0 Å². The lowest BCUT2D eigenvalue weighted by Crippen LogP contribution is -2.19. The molecule has 4 nitrogen and oxygen atoms in total. The van der Waals surface area contributed by atoms with Crippen LogP contribution >= 0.6 is 49.2 Å². The average molecular weight is 466 g/mol. The summed E-state index contributed by atoms with van der Waals surface area (Å²) in [6, 6.07) is 0. The van der Waals surface area contributed by atoms with Crippen molar-refractivity contribution in [1.29, 1.82) is 0 Å². The van der Waals surface area contributed by atoms with Gasteiger partial charge in [0.05, 0.1) is 4.47 Å². The van der Waals surface area contributed by atoms with Crippen LogP contribution in [0.1, 0.15) is 0 Å². The van der Waals surface area contributed by atoms with Gasteiger partial charge in [-0.25, -0.2) is 13.4 Å². The van der Waals surface area contributed by atoms with Crippen LogP contribution in [0.3, 0.4) is 0 Å². The number of hydrogen-bond donors (Lipinski definition) is 0. The molecule has 0 bridgehead atoms. The summed E-state index contributed by atoms with van der Waals surface area (Å²) in [6.45, 7) is 0. The zero-order valence-corrected chi connectivity index (χ0v) is 12.7. The molecule has 0 saturated carbocycles. The molecule has 17 heavy (non-hydrogen) atoms. The van der Waals surface area contributed by atoms with Crippen LogP contribution in [0.15, 0.2) is 15.7 Å². The Kier molecular flexibility index (Phi) is 4.53. The van der Waals surface area contributed by atoms with Gasteiger partial charge >= 0.3 is 6.36 Å². The van der Waals surface area contributed by atoms with Gasteiger partial charge in [-0.05, 0) is 38.5 Å². The Morgan fingerprint density at radius 2 is 2.00 bits per heavy atom. The molecule has 0 N–H and O–H groups in total. The minimum Gasteiger partial charge on any atom is -0.401 e. The predicted molar refractivity (Wildman–Crippen MR) is 64.4 cm³/mol. The quantitative estimate of drug-likeness (QED) is 0.496. The molecule has 1 aromatic rings. The molecule has 96 valence electrons. The first-order valence-corrected chi connectivity index (χ1v) is 7.75. The van der Waals surface area contributed by atoms with E-state index in [4.69, 9.17) is 10.7 Å². The number of nitrogens with zero attached hydrogens (tertiary/aromatic N) is 1. The van der Waals surface area contributed by atoms with Gasteiger partial charge in [-0.1, -0.05) is 0 Å². The number of rotatable bonds is 2. The summed E-state index contributed by atoms with van der Waals surface area (Å²) in [6.07, 6.45) is -4.01. The number of pyridine rings is 1. The molecular weight excluding hydrogens is 465 g/mol. The maximum absolute atomic E-state index is 12.1. The summed E-state index contributed by atoms with van der Waals surface area (Å²) in [5.41, 5.74) is 0. The molecule has 11 heteroatoms. The molecule has 0 radical (unpaired) electrons. The van der Waals surface area contributed by atoms with Gasteiger partial charge in [-0.15, -0.1) is 13.2 Å². The smallest absolute Gasteiger partial charge is 0.401 e. The average Bonchev–Trinajstić information content (AvgIpc) is 2.08. The highest BCUT2D eigenvalue weighted by molar-refractivity contribution is 14.1. The van der Waals surface area contributed by atoms with Crippen molar-refractivity contribution in [1.82, 2.24) is 4.98 Å². The Morgan fingerprint density at radius 1 is 1.47 bits per heavy atom. The van der Waals surface area contributed by atoms with E-state index in [0.717, 1.165) is 6.20 Å². The number of aromatic nitrogens is 1. The van der Waals surface area contributed by atoms with Crippen LogP contribution in [0.2, 0.25) is 0 Å². The lowest BCUT2D eigenvalue weighted by atomic mass is 10.5. The van der Waals surface area contributed by atoms with Crippen molar-refractivity contribution in [2.45, 2.75) is 11.4 Å². The topological polar surface area (TPSA) is 56.3 Å². The van der Waals surface area contributed by atoms with Crippen molar-refractivity contribution in [2.24, 2.45) is 0 Å². The highest BCUT2D eigenvalue weighted by Crippen LogP contribution is 2.38. The Morgan fingerprint density at radius 3 is 2.41 bits per heavy atom. The zero-order valence-electron chi connectivity index (χ0n) is 7.43. The predicted octanol–water partition coefficient (Wildman–Crippen LogP) is 3.27. The zero-order chi connectivity index (χ0) is 13.4. The third-order valence-corrected chi connectivity index (χ3v) is 4.88. The molecule has 0 aromatic carbocycles. The minimum absolute atomic E-state index is 0.190. The van der Waals surface area contributed by atoms with Crippen LogP contribution in [-0.2, 0) is 9.05 Å². The van der Waals surface area contributed by atoms with Crippen molar-refractivity contribution in [3.63, 3.8) is 0 Å². The summed E-state index contributed by atoms with van der Waals surface area (Å²) in [5, 5.41) is -0.996. The number of hydrogen-bond acceptors (Lipinski definition) is 4. The fourth-order valence-electron chi connectivity index (χ4n) is 0.811. The molecule has 0 aliphatic carbocycles. The summed E-state index contributed by atoms with van der Waals surface area (Å²) in [4.78, 5) is 3.31. The van der Waals surface area contributed by atoms with Gasteiger partial charge in [0.2, 0.25) is 5.03 Å². The largest absolute Gasteiger partial charge is 0.573 e. The van der Waals surface area contributed by atoms with E-state index < -0.39 is 26.2 Å². The van der Waals surface area contributed by atoms with Gasteiger partial charge in [0.1, 0.15) is 0 Å². The second kappa shape index (κ2) is 5.05. The van der Waals surface area contributed by atoms with Gasteiger partial charge in [-0.2, -0.15) is 0 Å². The Labute approximate surface area is 120 Å². The number of ether oxygens (including phenoxy) is 1. The monoisotopic (exact) mass is 465 g/mol. The maximum Gasteiger partial charge on any atom is 0.573 e. The molecular formula is C6HBrClF3INO3S. The molecule has 0 spiro atoms. The second-order valence-electron chi connectivity index (χ2n) is 2.54. The number of alkyl halides is 3. The van der Waals surface area contributed by atoms with Gasteiger partial charge < -0.3 is 4.74 Å². The van der Waals surface area contributed by atoms with Gasteiger partial charge in [0.15, 0.2) is 5.75 Å². The van der Waals surface area contributed by atoms with E-state index in [2.05, 4.69) is 25.7 Å².